The molecule has 1 atom stereocenters. The molecule has 1 saturated heterocycles. The van der Waals surface area contributed by atoms with Gasteiger partial charge in [0.15, 0.2) is 0 Å². The molecular formula is C9H20N2O3S. The number of methoxy groups -OCH3 is 1. The minimum Gasteiger partial charge on any atom is -0.384 e. The van der Waals surface area contributed by atoms with Gasteiger partial charge >= 0.3 is 0 Å². The van der Waals surface area contributed by atoms with Crippen LogP contribution in [-0.2, 0) is 14.8 Å². The van der Waals surface area contributed by atoms with E-state index < -0.39 is 10.0 Å². The molecule has 90 valence electrons. The molecule has 0 saturated carbocycles. The lowest BCUT2D eigenvalue weighted by Gasteiger charge is -2.24. The van der Waals surface area contributed by atoms with Gasteiger partial charge < -0.3 is 10.1 Å². The summed E-state index contributed by atoms with van der Waals surface area (Å²) in [6.07, 6.45) is 2.12. The zero-order chi connectivity index (χ0) is 11.4. The third-order valence-electron chi connectivity index (χ3n) is 2.70. The Morgan fingerprint density at radius 2 is 2.27 bits per heavy atom. The van der Waals surface area contributed by atoms with Crippen molar-refractivity contribution in [3.8, 4) is 0 Å². The molecule has 1 aliphatic heterocycles. The van der Waals surface area contributed by atoms with Crippen LogP contribution in [0.1, 0.15) is 19.8 Å². The fraction of sp³-hybridized carbons (Fsp3) is 1.00. The Morgan fingerprint density at radius 1 is 1.53 bits per heavy atom. The van der Waals surface area contributed by atoms with Gasteiger partial charge in [-0.15, -0.1) is 0 Å². The van der Waals surface area contributed by atoms with E-state index in [0.29, 0.717) is 6.54 Å². The third kappa shape index (κ3) is 4.46. The highest BCUT2D eigenvalue weighted by Gasteiger charge is 2.29. The number of hydrogen-bond donors (Lipinski definition) is 2. The number of hydrogen-bond acceptors (Lipinski definition) is 4. The fourth-order valence-electron chi connectivity index (χ4n) is 1.64. The van der Waals surface area contributed by atoms with Crippen molar-refractivity contribution in [3.05, 3.63) is 0 Å². The molecular weight excluding hydrogens is 216 g/mol. The van der Waals surface area contributed by atoms with E-state index in [2.05, 4.69) is 10.0 Å². The van der Waals surface area contributed by atoms with Crippen molar-refractivity contribution in [2.24, 2.45) is 0 Å². The normalized spacial score (nSPS) is 27.1. The second-order valence-electron chi connectivity index (χ2n) is 4.22. The van der Waals surface area contributed by atoms with E-state index in [1.165, 1.54) is 7.11 Å². The molecule has 15 heavy (non-hydrogen) atoms. The van der Waals surface area contributed by atoms with Crippen molar-refractivity contribution >= 4 is 10.0 Å². The van der Waals surface area contributed by atoms with Gasteiger partial charge in [0.05, 0.1) is 12.4 Å². The van der Waals surface area contributed by atoms with Crippen LogP contribution in [0.3, 0.4) is 0 Å². The first-order valence-electron chi connectivity index (χ1n) is 5.19. The molecule has 0 spiro atoms. The standard InChI is InChI=1S/C9H20N2O3S/c1-9(4-3-5-10-9)8-11-15(12,13)7-6-14-2/h10-11H,3-8H2,1-2H3. The van der Waals surface area contributed by atoms with Crippen LogP contribution >= 0.6 is 0 Å². The molecule has 1 rings (SSSR count). The molecule has 6 heteroatoms. The summed E-state index contributed by atoms with van der Waals surface area (Å²) in [6, 6.07) is 0. The first-order valence-corrected chi connectivity index (χ1v) is 6.84. The van der Waals surface area contributed by atoms with Crippen LogP contribution in [0.15, 0.2) is 0 Å². The van der Waals surface area contributed by atoms with Gasteiger partial charge in [-0.25, -0.2) is 13.1 Å². The van der Waals surface area contributed by atoms with Gasteiger partial charge in [-0.05, 0) is 26.3 Å². The summed E-state index contributed by atoms with van der Waals surface area (Å²) in [5.74, 6) is 0.0274. The topological polar surface area (TPSA) is 67.4 Å². The summed E-state index contributed by atoms with van der Waals surface area (Å²) in [7, 11) is -1.69. The molecule has 0 aromatic carbocycles. The van der Waals surface area contributed by atoms with Crippen LogP contribution < -0.4 is 10.0 Å². The first-order chi connectivity index (χ1) is 6.97. The predicted octanol–water partition coefficient (Wildman–Crippen LogP) is -0.306. The van der Waals surface area contributed by atoms with Crippen LogP contribution in [0.2, 0.25) is 0 Å². The summed E-state index contributed by atoms with van der Waals surface area (Å²) in [5, 5.41) is 3.30. The molecule has 0 bridgehead atoms. The monoisotopic (exact) mass is 236 g/mol. The van der Waals surface area contributed by atoms with Gasteiger partial charge in [-0.1, -0.05) is 0 Å². The van der Waals surface area contributed by atoms with E-state index in [0.717, 1.165) is 19.4 Å². The number of sulfonamides is 1. The van der Waals surface area contributed by atoms with E-state index >= 15 is 0 Å². The molecule has 5 nitrogen and oxygen atoms in total. The SMILES string of the molecule is COCCS(=O)(=O)NCC1(C)CCCN1. The second-order valence-corrected chi connectivity index (χ2v) is 6.15. The molecule has 1 fully saturated rings. The van der Waals surface area contributed by atoms with Gasteiger partial charge in [0.25, 0.3) is 0 Å². The summed E-state index contributed by atoms with van der Waals surface area (Å²) in [5.41, 5.74) is -0.0832. The minimum atomic E-state index is -3.18. The molecule has 0 aliphatic carbocycles. The van der Waals surface area contributed by atoms with Crippen LogP contribution in [0.4, 0.5) is 0 Å². The van der Waals surface area contributed by atoms with E-state index in [9.17, 15) is 8.42 Å². The highest BCUT2D eigenvalue weighted by Crippen LogP contribution is 2.17. The lowest BCUT2D eigenvalue weighted by atomic mass is 10.0. The van der Waals surface area contributed by atoms with Crippen molar-refractivity contribution in [3.63, 3.8) is 0 Å². The Hall–Kier alpha value is -0.170. The Labute approximate surface area is 91.6 Å². The quantitative estimate of drug-likeness (QED) is 0.664. The molecule has 0 radical (unpaired) electrons. The molecule has 1 aliphatic rings. The number of ether oxygens (including phenoxy) is 1. The third-order valence-corrected chi connectivity index (χ3v) is 3.98. The van der Waals surface area contributed by atoms with Gasteiger partial charge in [0, 0.05) is 19.2 Å². The van der Waals surface area contributed by atoms with Crippen molar-refractivity contribution in [2.45, 2.75) is 25.3 Å². The molecule has 0 aromatic rings. The summed E-state index contributed by atoms with van der Waals surface area (Å²) in [4.78, 5) is 0. The van der Waals surface area contributed by atoms with E-state index in [1.54, 1.807) is 0 Å². The first kappa shape index (κ1) is 12.9. The van der Waals surface area contributed by atoms with Crippen molar-refractivity contribution in [1.82, 2.24) is 10.0 Å². The van der Waals surface area contributed by atoms with E-state index in [1.807, 2.05) is 6.92 Å². The molecule has 1 heterocycles. The Balaban J connectivity index is 2.35. The maximum absolute atomic E-state index is 11.5. The summed E-state index contributed by atoms with van der Waals surface area (Å²) >= 11 is 0. The second kappa shape index (κ2) is 5.25. The van der Waals surface area contributed by atoms with Crippen molar-refractivity contribution in [2.75, 3.05) is 32.6 Å². The van der Waals surface area contributed by atoms with Gasteiger partial charge in [-0.3, -0.25) is 0 Å². The number of rotatable bonds is 6. The smallest absolute Gasteiger partial charge is 0.213 e. The van der Waals surface area contributed by atoms with Crippen molar-refractivity contribution < 1.29 is 13.2 Å². The summed E-state index contributed by atoms with van der Waals surface area (Å²) in [6.45, 7) is 3.70. The molecule has 0 aromatic heterocycles. The minimum absolute atomic E-state index is 0.0274. The van der Waals surface area contributed by atoms with Crippen LogP contribution in [0.25, 0.3) is 0 Å². The maximum atomic E-state index is 11.5. The number of nitrogens with one attached hydrogen (secondary N) is 2. The Morgan fingerprint density at radius 3 is 2.80 bits per heavy atom. The molecule has 0 amide bonds. The lowest BCUT2D eigenvalue weighted by Crippen LogP contribution is -2.47. The molecule has 1 unspecified atom stereocenters. The Bertz CT molecular complexity index is 284. The zero-order valence-electron chi connectivity index (χ0n) is 9.38. The van der Waals surface area contributed by atoms with Gasteiger partial charge in [0.1, 0.15) is 0 Å². The van der Waals surface area contributed by atoms with E-state index in [4.69, 9.17) is 4.74 Å². The predicted molar refractivity (Wildman–Crippen MR) is 59.3 cm³/mol. The Kier molecular flexibility index (Phi) is 4.51. The van der Waals surface area contributed by atoms with Crippen LogP contribution in [0, 0.1) is 0 Å². The van der Waals surface area contributed by atoms with Crippen LogP contribution in [0.5, 0.6) is 0 Å². The average molecular weight is 236 g/mol. The van der Waals surface area contributed by atoms with Crippen molar-refractivity contribution in [1.29, 1.82) is 0 Å². The zero-order valence-corrected chi connectivity index (χ0v) is 10.2. The summed E-state index contributed by atoms with van der Waals surface area (Å²) < 4.78 is 30.3. The van der Waals surface area contributed by atoms with Crippen LogP contribution in [-0.4, -0.2) is 46.5 Å². The fourth-order valence-corrected chi connectivity index (χ4v) is 2.71. The highest BCUT2D eigenvalue weighted by molar-refractivity contribution is 7.89. The molecule has 2 N–H and O–H groups in total. The maximum Gasteiger partial charge on any atom is 0.213 e. The highest BCUT2D eigenvalue weighted by atomic mass is 32.2. The van der Waals surface area contributed by atoms with E-state index in [-0.39, 0.29) is 17.9 Å². The average Bonchev–Trinajstić information content (AvgIpc) is 2.61. The lowest BCUT2D eigenvalue weighted by molar-refractivity contribution is 0.216. The van der Waals surface area contributed by atoms with Gasteiger partial charge in [-0.2, -0.15) is 0 Å². The largest absolute Gasteiger partial charge is 0.384 e. The van der Waals surface area contributed by atoms with Gasteiger partial charge in [0.2, 0.25) is 10.0 Å².